The molecule has 0 heterocycles. The van der Waals surface area contributed by atoms with Gasteiger partial charge in [0, 0.05) is 16.3 Å². The van der Waals surface area contributed by atoms with E-state index in [1.807, 2.05) is 50.2 Å². The quantitative estimate of drug-likeness (QED) is 0.455. The monoisotopic (exact) mass is 450 g/mol. The number of hydrogen-bond acceptors (Lipinski definition) is 5. The van der Waals surface area contributed by atoms with Crippen LogP contribution in [0.4, 0.5) is 11.4 Å². The molecule has 0 aromatic heterocycles. The largest absolute Gasteiger partial charge is 0.496 e. The number of benzene rings is 3. The van der Waals surface area contributed by atoms with Gasteiger partial charge in [-0.15, -0.1) is 11.8 Å². The topological polar surface area (TPSA) is 76.7 Å². The van der Waals surface area contributed by atoms with Crippen LogP contribution in [0.1, 0.15) is 21.5 Å². The van der Waals surface area contributed by atoms with E-state index >= 15 is 0 Å². The summed E-state index contributed by atoms with van der Waals surface area (Å²) in [7, 11) is 3.01. The van der Waals surface area contributed by atoms with E-state index in [2.05, 4.69) is 10.6 Å². The molecule has 0 aliphatic rings. The highest BCUT2D eigenvalue weighted by Gasteiger charge is 2.18. The van der Waals surface area contributed by atoms with E-state index in [-0.39, 0.29) is 17.6 Å². The van der Waals surface area contributed by atoms with Gasteiger partial charge in [-0.3, -0.25) is 9.59 Å². The summed E-state index contributed by atoms with van der Waals surface area (Å²) in [5.74, 6) is 0.681. The lowest BCUT2D eigenvalue weighted by atomic mass is 10.1. The van der Waals surface area contributed by atoms with Crippen LogP contribution in [-0.2, 0) is 4.79 Å². The average Bonchev–Trinajstić information content (AvgIpc) is 2.79. The molecule has 0 fully saturated rings. The predicted molar refractivity (Wildman–Crippen MR) is 129 cm³/mol. The Morgan fingerprint density at radius 1 is 0.875 bits per heavy atom. The molecule has 0 aliphatic heterocycles. The molecule has 3 rings (SSSR count). The van der Waals surface area contributed by atoms with Crippen molar-refractivity contribution in [3.8, 4) is 11.5 Å². The molecular weight excluding hydrogens is 424 g/mol. The first-order valence-electron chi connectivity index (χ1n) is 10.0. The van der Waals surface area contributed by atoms with Crippen molar-refractivity contribution >= 4 is 35.0 Å². The number of anilines is 2. The van der Waals surface area contributed by atoms with Crippen LogP contribution >= 0.6 is 11.8 Å². The zero-order valence-electron chi connectivity index (χ0n) is 18.5. The van der Waals surface area contributed by atoms with E-state index in [4.69, 9.17) is 9.47 Å². The molecule has 0 spiro atoms. The number of hydrogen-bond donors (Lipinski definition) is 2. The number of amides is 2. The van der Waals surface area contributed by atoms with Crippen LogP contribution in [0.3, 0.4) is 0 Å². The van der Waals surface area contributed by atoms with Gasteiger partial charge in [0.15, 0.2) is 0 Å². The minimum absolute atomic E-state index is 0.0878. The number of methoxy groups -OCH3 is 2. The number of aryl methyl sites for hydroxylation is 2. The number of ether oxygens (including phenoxy) is 2. The maximum absolute atomic E-state index is 12.9. The SMILES string of the molecule is COc1cccc(OC)c1C(=O)Nc1cccc(SCC(=O)Nc2ccc(C)cc2C)c1. The normalized spacial score (nSPS) is 10.4. The van der Waals surface area contributed by atoms with Gasteiger partial charge in [0.1, 0.15) is 17.1 Å². The molecule has 0 bridgehead atoms. The highest BCUT2D eigenvalue weighted by atomic mass is 32.2. The van der Waals surface area contributed by atoms with Gasteiger partial charge in [-0.2, -0.15) is 0 Å². The molecule has 7 heteroatoms. The fourth-order valence-corrected chi connectivity index (χ4v) is 3.98. The first kappa shape index (κ1) is 23.2. The van der Waals surface area contributed by atoms with E-state index in [0.29, 0.717) is 22.7 Å². The summed E-state index contributed by atoms with van der Waals surface area (Å²) in [5, 5.41) is 5.82. The smallest absolute Gasteiger partial charge is 0.263 e. The third kappa shape index (κ3) is 5.82. The molecule has 0 saturated heterocycles. The van der Waals surface area contributed by atoms with E-state index in [1.54, 1.807) is 24.3 Å². The summed E-state index contributed by atoms with van der Waals surface area (Å²) in [6.07, 6.45) is 0. The maximum Gasteiger partial charge on any atom is 0.263 e. The molecule has 3 aromatic rings. The lowest BCUT2D eigenvalue weighted by Gasteiger charge is -2.13. The van der Waals surface area contributed by atoms with Crippen molar-refractivity contribution in [3.05, 3.63) is 77.4 Å². The number of carbonyl (C=O) groups excluding carboxylic acids is 2. The van der Waals surface area contributed by atoms with Crippen molar-refractivity contribution in [2.24, 2.45) is 0 Å². The van der Waals surface area contributed by atoms with E-state index in [9.17, 15) is 9.59 Å². The summed E-state index contributed by atoms with van der Waals surface area (Å²) in [6.45, 7) is 3.99. The lowest BCUT2D eigenvalue weighted by molar-refractivity contribution is -0.113. The van der Waals surface area contributed by atoms with Gasteiger partial charge in [0.2, 0.25) is 5.91 Å². The summed E-state index contributed by atoms with van der Waals surface area (Å²) in [6, 6.07) is 18.4. The van der Waals surface area contributed by atoms with E-state index in [0.717, 1.165) is 21.7 Å². The van der Waals surface area contributed by atoms with Gasteiger partial charge < -0.3 is 20.1 Å². The first-order valence-corrected chi connectivity index (χ1v) is 11.0. The van der Waals surface area contributed by atoms with Gasteiger partial charge in [-0.1, -0.05) is 29.8 Å². The average molecular weight is 451 g/mol. The van der Waals surface area contributed by atoms with E-state index < -0.39 is 0 Å². The van der Waals surface area contributed by atoms with Crippen molar-refractivity contribution in [2.45, 2.75) is 18.7 Å². The zero-order valence-corrected chi connectivity index (χ0v) is 19.3. The minimum atomic E-state index is -0.339. The molecule has 3 aromatic carbocycles. The fraction of sp³-hybridized carbons (Fsp3) is 0.200. The second-order valence-electron chi connectivity index (χ2n) is 7.17. The number of nitrogens with one attached hydrogen (secondary N) is 2. The summed E-state index contributed by atoms with van der Waals surface area (Å²) in [5.41, 5.74) is 3.93. The highest BCUT2D eigenvalue weighted by molar-refractivity contribution is 8.00. The van der Waals surface area contributed by atoms with Crippen LogP contribution in [0, 0.1) is 13.8 Å². The number of carbonyl (C=O) groups is 2. The third-order valence-corrected chi connectivity index (χ3v) is 5.77. The highest BCUT2D eigenvalue weighted by Crippen LogP contribution is 2.30. The Morgan fingerprint density at radius 2 is 1.56 bits per heavy atom. The Morgan fingerprint density at radius 3 is 2.22 bits per heavy atom. The van der Waals surface area contributed by atoms with Crippen LogP contribution in [0.2, 0.25) is 0 Å². The third-order valence-electron chi connectivity index (χ3n) is 4.77. The van der Waals surface area contributed by atoms with Crippen LogP contribution in [0.15, 0.2) is 65.6 Å². The standard InChI is InChI=1S/C25H26N2O4S/c1-16-11-12-20(17(2)13-16)27-23(28)15-32-19-8-5-7-18(14-19)26-25(29)24-21(30-3)9-6-10-22(24)31-4/h5-14H,15H2,1-4H3,(H,26,29)(H,27,28). The molecule has 0 unspecified atom stereocenters. The van der Waals surface area contributed by atoms with Crippen molar-refractivity contribution < 1.29 is 19.1 Å². The fourth-order valence-electron chi connectivity index (χ4n) is 3.22. The molecule has 2 amide bonds. The Balaban J connectivity index is 1.64. The molecular formula is C25H26N2O4S. The first-order chi connectivity index (χ1) is 15.4. The predicted octanol–water partition coefficient (Wildman–Crippen LogP) is 5.30. The van der Waals surface area contributed by atoms with Crippen molar-refractivity contribution in [1.29, 1.82) is 0 Å². The van der Waals surface area contributed by atoms with Crippen LogP contribution in [-0.4, -0.2) is 31.8 Å². The molecule has 0 atom stereocenters. The van der Waals surface area contributed by atoms with Crippen LogP contribution in [0.25, 0.3) is 0 Å². The molecule has 6 nitrogen and oxygen atoms in total. The van der Waals surface area contributed by atoms with Crippen LogP contribution < -0.4 is 20.1 Å². The van der Waals surface area contributed by atoms with Gasteiger partial charge in [-0.05, 0) is 55.8 Å². The second-order valence-corrected chi connectivity index (χ2v) is 8.22. The summed E-state index contributed by atoms with van der Waals surface area (Å²) in [4.78, 5) is 26.1. The van der Waals surface area contributed by atoms with Gasteiger partial charge in [0.05, 0.1) is 20.0 Å². The Kier molecular flexibility index (Phi) is 7.78. The molecule has 0 aliphatic carbocycles. The number of thioether (sulfide) groups is 1. The van der Waals surface area contributed by atoms with Gasteiger partial charge in [0.25, 0.3) is 5.91 Å². The minimum Gasteiger partial charge on any atom is -0.496 e. The summed E-state index contributed by atoms with van der Waals surface area (Å²) >= 11 is 1.40. The second kappa shape index (κ2) is 10.7. The molecule has 0 radical (unpaired) electrons. The lowest BCUT2D eigenvalue weighted by Crippen LogP contribution is -2.15. The molecule has 0 saturated carbocycles. The Hall–Kier alpha value is -3.45. The Labute approximate surface area is 192 Å². The maximum atomic E-state index is 12.9. The van der Waals surface area contributed by atoms with Crippen molar-refractivity contribution in [3.63, 3.8) is 0 Å². The Bertz CT molecular complexity index is 1110. The molecule has 2 N–H and O–H groups in total. The van der Waals surface area contributed by atoms with Crippen molar-refractivity contribution in [1.82, 2.24) is 0 Å². The van der Waals surface area contributed by atoms with Crippen molar-refractivity contribution in [2.75, 3.05) is 30.6 Å². The molecule has 32 heavy (non-hydrogen) atoms. The molecule has 166 valence electrons. The van der Waals surface area contributed by atoms with Crippen LogP contribution in [0.5, 0.6) is 11.5 Å². The van der Waals surface area contributed by atoms with Gasteiger partial charge in [-0.25, -0.2) is 0 Å². The zero-order chi connectivity index (χ0) is 23.1. The van der Waals surface area contributed by atoms with E-state index in [1.165, 1.54) is 26.0 Å². The van der Waals surface area contributed by atoms with Gasteiger partial charge >= 0.3 is 0 Å². The number of rotatable bonds is 8. The summed E-state index contributed by atoms with van der Waals surface area (Å²) < 4.78 is 10.6.